The molecule has 7 nitrogen and oxygen atoms in total. The molecule has 0 radical (unpaired) electrons. The van der Waals surface area contributed by atoms with E-state index in [1.54, 1.807) is 21.3 Å². The summed E-state index contributed by atoms with van der Waals surface area (Å²) >= 11 is 0. The highest BCUT2D eigenvalue weighted by Gasteiger charge is 2.46. The van der Waals surface area contributed by atoms with E-state index in [4.69, 9.17) is 32.5 Å². The van der Waals surface area contributed by atoms with E-state index in [-0.39, 0.29) is 0 Å². The molecule has 0 saturated carbocycles. The van der Waals surface area contributed by atoms with Crippen molar-refractivity contribution in [2.24, 2.45) is 0 Å². The van der Waals surface area contributed by atoms with Crippen LogP contribution in [-0.4, -0.2) is 68.4 Å². The van der Waals surface area contributed by atoms with Crippen molar-refractivity contribution in [3.05, 3.63) is 0 Å². The Hall–Kier alpha value is -0.0631. The van der Waals surface area contributed by atoms with Gasteiger partial charge in [0.05, 0.1) is 13.2 Å². The average molecular weight is 411 g/mol. The standard InChI is InChI=1S/C19H42O7Si/c1-8-11-14-23-17(4)19(24-15-12-9-2,25-16-13-10-3)26-27(22-7)18(20-5)21-6/h17-18,27H,8-16H2,1-7H3. The van der Waals surface area contributed by atoms with Crippen LogP contribution in [0, 0.1) is 0 Å². The van der Waals surface area contributed by atoms with Gasteiger partial charge in [-0.15, -0.1) is 0 Å². The lowest BCUT2D eigenvalue weighted by Gasteiger charge is -2.40. The summed E-state index contributed by atoms with van der Waals surface area (Å²) < 4.78 is 41.0. The Labute approximate surface area is 167 Å². The molecule has 0 bridgehead atoms. The van der Waals surface area contributed by atoms with Gasteiger partial charge in [0.2, 0.25) is 0 Å². The first kappa shape index (κ1) is 26.9. The summed E-state index contributed by atoms with van der Waals surface area (Å²) in [5.41, 5.74) is 0. The maximum atomic E-state index is 6.31. The zero-order valence-electron chi connectivity index (χ0n) is 18.5. The van der Waals surface area contributed by atoms with Crippen molar-refractivity contribution < 1.29 is 32.5 Å². The van der Waals surface area contributed by atoms with Crippen LogP contribution >= 0.6 is 0 Å². The Morgan fingerprint density at radius 1 is 0.778 bits per heavy atom. The van der Waals surface area contributed by atoms with Crippen molar-refractivity contribution in [2.75, 3.05) is 41.2 Å². The molecule has 0 rings (SSSR count). The van der Waals surface area contributed by atoms with E-state index in [0.29, 0.717) is 19.8 Å². The molecule has 0 aromatic carbocycles. The minimum Gasteiger partial charge on any atom is -0.397 e. The van der Waals surface area contributed by atoms with Crippen molar-refractivity contribution in [1.82, 2.24) is 0 Å². The molecule has 0 heterocycles. The second kappa shape index (κ2) is 16.9. The van der Waals surface area contributed by atoms with Gasteiger partial charge >= 0.3 is 15.3 Å². The Balaban J connectivity index is 5.47. The van der Waals surface area contributed by atoms with Crippen molar-refractivity contribution >= 4 is 9.28 Å². The Morgan fingerprint density at radius 3 is 1.67 bits per heavy atom. The number of hydrogen-bond donors (Lipinski definition) is 0. The summed E-state index contributed by atoms with van der Waals surface area (Å²) in [7, 11) is 2.29. The Morgan fingerprint density at radius 2 is 1.26 bits per heavy atom. The van der Waals surface area contributed by atoms with E-state index < -0.39 is 27.3 Å². The van der Waals surface area contributed by atoms with Crippen LogP contribution in [0.4, 0.5) is 0 Å². The molecule has 0 aliphatic heterocycles. The maximum Gasteiger partial charge on any atom is 0.383 e. The molecule has 0 N–H and O–H groups in total. The molecule has 8 heteroatoms. The molecule has 2 atom stereocenters. The second-order valence-corrected chi connectivity index (χ2v) is 8.42. The lowest BCUT2D eigenvalue weighted by atomic mass is 10.3. The van der Waals surface area contributed by atoms with Gasteiger partial charge in [0.15, 0.2) is 5.91 Å². The normalized spacial score (nSPS) is 14.7. The largest absolute Gasteiger partial charge is 0.397 e. The van der Waals surface area contributed by atoms with Gasteiger partial charge in [-0.3, -0.25) is 0 Å². The van der Waals surface area contributed by atoms with Gasteiger partial charge < -0.3 is 32.5 Å². The lowest BCUT2D eigenvalue weighted by Crippen LogP contribution is -2.56. The summed E-state index contributed by atoms with van der Waals surface area (Å²) in [6.07, 6.45) is 5.44. The number of unbranched alkanes of at least 4 members (excludes halogenated alkanes) is 3. The minimum atomic E-state index is -2.43. The Bertz CT molecular complexity index is 319. The van der Waals surface area contributed by atoms with Crippen molar-refractivity contribution in [3.63, 3.8) is 0 Å². The Kier molecular flexibility index (Phi) is 16.8. The van der Waals surface area contributed by atoms with Crippen LogP contribution < -0.4 is 0 Å². The van der Waals surface area contributed by atoms with Crippen molar-refractivity contribution in [2.45, 2.75) is 84.2 Å². The van der Waals surface area contributed by atoms with E-state index >= 15 is 0 Å². The third-order valence-corrected chi connectivity index (χ3v) is 6.18. The van der Waals surface area contributed by atoms with Crippen molar-refractivity contribution in [1.29, 1.82) is 0 Å². The predicted octanol–water partition coefficient (Wildman–Crippen LogP) is 3.52. The summed E-state index contributed by atoms with van der Waals surface area (Å²) in [5, 5.41) is 0. The summed E-state index contributed by atoms with van der Waals surface area (Å²) in [6, 6.07) is 0. The highest BCUT2D eigenvalue weighted by Crippen LogP contribution is 2.27. The molecule has 0 aromatic heterocycles. The van der Waals surface area contributed by atoms with Crippen LogP contribution in [-0.2, 0) is 32.5 Å². The van der Waals surface area contributed by atoms with Crippen LogP contribution in [0.2, 0.25) is 0 Å². The minimum absolute atomic E-state index is 0.419. The maximum absolute atomic E-state index is 6.31. The molecular weight excluding hydrogens is 368 g/mol. The monoisotopic (exact) mass is 410 g/mol. The molecule has 0 fully saturated rings. The van der Waals surface area contributed by atoms with Crippen LogP contribution in [0.3, 0.4) is 0 Å². The van der Waals surface area contributed by atoms with Gasteiger partial charge in [-0.05, 0) is 26.2 Å². The zero-order valence-corrected chi connectivity index (χ0v) is 19.6. The van der Waals surface area contributed by atoms with Crippen molar-refractivity contribution in [3.8, 4) is 0 Å². The highest BCUT2D eigenvalue weighted by molar-refractivity contribution is 6.45. The summed E-state index contributed by atoms with van der Waals surface area (Å²) in [4.78, 5) is 0. The molecule has 0 spiro atoms. The summed E-state index contributed by atoms with van der Waals surface area (Å²) in [5.74, 6) is -1.91. The average Bonchev–Trinajstić information content (AvgIpc) is 2.68. The topological polar surface area (TPSA) is 64.6 Å². The van der Waals surface area contributed by atoms with E-state index in [9.17, 15) is 0 Å². The number of methoxy groups -OCH3 is 2. The van der Waals surface area contributed by atoms with Crippen LogP contribution in [0.15, 0.2) is 0 Å². The van der Waals surface area contributed by atoms with Crippen LogP contribution in [0.5, 0.6) is 0 Å². The van der Waals surface area contributed by atoms with Gasteiger partial charge in [-0.2, -0.15) is 0 Å². The van der Waals surface area contributed by atoms with Gasteiger partial charge in [0, 0.05) is 27.9 Å². The first-order chi connectivity index (χ1) is 13.0. The zero-order chi connectivity index (χ0) is 20.5. The molecule has 0 aliphatic rings. The molecule has 0 saturated heterocycles. The van der Waals surface area contributed by atoms with Gasteiger partial charge in [-0.25, -0.2) is 0 Å². The smallest absolute Gasteiger partial charge is 0.383 e. The number of rotatable bonds is 19. The fraction of sp³-hybridized carbons (Fsp3) is 1.00. The van der Waals surface area contributed by atoms with Gasteiger partial charge in [0.25, 0.3) is 0 Å². The molecule has 2 unspecified atom stereocenters. The van der Waals surface area contributed by atoms with Gasteiger partial charge in [-0.1, -0.05) is 40.0 Å². The van der Waals surface area contributed by atoms with Crippen LogP contribution in [0.25, 0.3) is 0 Å². The van der Waals surface area contributed by atoms with E-state index in [1.165, 1.54) is 0 Å². The van der Waals surface area contributed by atoms with E-state index in [0.717, 1.165) is 38.5 Å². The number of ether oxygens (including phenoxy) is 5. The van der Waals surface area contributed by atoms with Gasteiger partial charge in [0.1, 0.15) is 6.10 Å². The third kappa shape index (κ3) is 10.3. The number of hydrogen-bond acceptors (Lipinski definition) is 7. The van der Waals surface area contributed by atoms with Crippen LogP contribution in [0.1, 0.15) is 66.2 Å². The fourth-order valence-electron chi connectivity index (χ4n) is 2.36. The highest BCUT2D eigenvalue weighted by atomic mass is 28.3. The molecule has 0 aromatic rings. The second-order valence-electron chi connectivity index (χ2n) is 6.44. The lowest BCUT2D eigenvalue weighted by molar-refractivity contribution is -0.391. The van der Waals surface area contributed by atoms with E-state index in [1.807, 2.05) is 6.92 Å². The first-order valence-corrected chi connectivity index (χ1v) is 11.8. The van der Waals surface area contributed by atoms with E-state index in [2.05, 4.69) is 20.8 Å². The molecule has 0 amide bonds. The first-order valence-electron chi connectivity index (χ1n) is 10.2. The third-order valence-electron chi connectivity index (χ3n) is 4.17. The molecule has 27 heavy (non-hydrogen) atoms. The SMILES string of the molecule is CCCCOC(C)C(OCCCC)(OCCCC)O[SiH](OC)C(OC)OC. The molecule has 164 valence electrons. The fourth-order valence-corrected chi connectivity index (χ4v) is 3.88. The molecular formula is C19H42O7Si. The quantitative estimate of drug-likeness (QED) is 0.183. The predicted molar refractivity (Wildman–Crippen MR) is 108 cm³/mol. The summed E-state index contributed by atoms with van der Waals surface area (Å²) in [6.45, 7) is 9.92. The molecule has 0 aliphatic carbocycles.